The number of aromatic nitrogens is 2. The average molecular weight is 398 g/mol. The lowest BCUT2D eigenvalue weighted by molar-refractivity contribution is 0.610. The SMILES string of the molecule is O=c1[nH]c(Cc2ccccc2F)nc(C2CCCC2)c1I. The Morgan fingerprint density at radius 3 is 2.71 bits per heavy atom. The molecule has 1 aliphatic carbocycles. The summed E-state index contributed by atoms with van der Waals surface area (Å²) in [5.74, 6) is 0.659. The van der Waals surface area contributed by atoms with Gasteiger partial charge in [0.15, 0.2) is 0 Å². The highest BCUT2D eigenvalue weighted by atomic mass is 127. The Morgan fingerprint density at radius 2 is 2.00 bits per heavy atom. The molecule has 5 heteroatoms. The largest absolute Gasteiger partial charge is 0.309 e. The molecule has 0 aliphatic heterocycles. The standard InChI is InChI=1S/C16H16FIN2O/c17-12-8-4-3-7-11(12)9-13-19-15(10-5-1-2-6-10)14(18)16(21)20-13/h3-4,7-8,10H,1-2,5-6,9H2,(H,19,20,21). The molecule has 21 heavy (non-hydrogen) atoms. The molecule has 1 N–H and O–H groups in total. The van der Waals surface area contributed by atoms with E-state index in [1.54, 1.807) is 18.2 Å². The zero-order valence-electron chi connectivity index (χ0n) is 11.5. The van der Waals surface area contributed by atoms with Crippen LogP contribution in [0.3, 0.4) is 0 Å². The van der Waals surface area contributed by atoms with E-state index in [0.717, 1.165) is 18.5 Å². The second-order valence-electron chi connectivity index (χ2n) is 5.46. The number of nitrogens with zero attached hydrogens (tertiary/aromatic N) is 1. The van der Waals surface area contributed by atoms with Crippen LogP contribution in [0.5, 0.6) is 0 Å². The maximum absolute atomic E-state index is 13.7. The van der Waals surface area contributed by atoms with Gasteiger partial charge in [-0.3, -0.25) is 4.79 Å². The van der Waals surface area contributed by atoms with Crippen molar-refractivity contribution in [2.75, 3.05) is 0 Å². The summed E-state index contributed by atoms with van der Waals surface area (Å²) < 4.78 is 14.4. The van der Waals surface area contributed by atoms with Gasteiger partial charge in [-0.2, -0.15) is 0 Å². The molecule has 3 nitrogen and oxygen atoms in total. The van der Waals surface area contributed by atoms with Crippen LogP contribution in [0.2, 0.25) is 0 Å². The van der Waals surface area contributed by atoms with E-state index in [0.29, 0.717) is 27.3 Å². The second-order valence-corrected chi connectivity index (χ2v) is 6.54. The van der Waals surface area contributed by atoms with Crippen molar-refractivity contribution in [3.63, 3.8) is 0 Å². The predicted molar refractivity (Wildman–Crippen MR) is 88.0 cm³/mol. The summed E-state index contributed by atoms with van der Waals surface area (Å²) in [6, 6.07) is 6.61. The molecule has 3 rings (SSSR count). The molecule has 0 unspecified atom stereocenters. The van der Waals surface area contributed by atoms with Crippen molar-refractivity contribution >= 4 is 22.6 Å². The molecule has 0 saturated heterocycles. The van der Waals surface area contributed by atoms with E-state index >= 15 is 0 Å². The predicted octanol–water partition coefficient (Wildman–Crippen LogP) is 3.76. The van der Waals surface area contributed by atoms with Crippen LogP contribution in [-0.4, -0.2) is 9.97 Å². The molecule has 1 aromatic carbocycles. The molecule has 0 radical (unpaired) electrons. The highest BCUT2D eigenvalue weighted by Gasteiger charge is 2.23. The van der Waals surface area contributed by atoms with Gasteiger partial charge in [-0.25, -0.2) is 9.37 Å². The molecule has 0 atom stereocenters. The smallest absolute Gasteiger partial charge is 0.264 e. The second kappa shape index (κ2) is 6.25. The fourth-order valence-electron chi connectivity index (χ4n) is 2.90. The molecule has 2 aromatic rings. The number of hydrogen-bond acceptors (Lipinski definition) is 2. The van der Waals surface area contributed by atoms with Crippen LogP contribution in [0, 0.1) is 9.39 Å². The Hall–Kier alpha value is -1.24. The van der Waals surface area contributed by atoms with Crippen molar-refractivity contribution in [3.05, 3.63) is 61.1 Å². The van der Waals surface area contributed by atoms with Crippen LogP contribution in [-0.2, 0) is 6.42 Å². The van der Waals surface area contributed by atoms with Gasteiger partial charge in [-0.05, 0) is 47.1 Å². The zero-order valence-corrected chi connectivity index (χ0v) is 13.7. The van der Waals surface area contributed by atoms with Crippen LogP contribution in [0.25, 0.3) is 0 Å². The van der Waals surface area contributed by atoms with E-state index < -0.39 is 0 Å². The monoisotopic (exact) mass is 398 g/mol. The fourth-order valence-corrected chi connectivity index (χ4v) is 3.60. The number of aromatic amines is 1. The first-order valence-electron chi connectivity index (χ1n) is 7.17. The first kappa shape index (κ1) is 14.7. The molecular formula is C16H16FIN2O. The zero-order chi connectivity index (χ0) is 14.8. The van der Waals surface area contributed by atoms with Crippen LogP contribution in [0.4, 0.5) is 4.39 Å². The summed E-state index contributed by atoms with van der Waals surface area (Å²) in [6.07, 6.45) is 4.88. The van der Waals surface area contributed by atoms with E-state index in [2.05, 4.69) is 32.6 Å². The molecule has 1 fully saturated rings. The Morgan fingerprint density at radius 1 is 1.29 bits per heavy atom. The van der Waals surface area contributed by atoms with Gasteiger partial charge in [0.05, 0.1) is 9.26 Å². The van der Waals surface area contributed by atoms with Gasteiger partial charge in [0.2, 0.25) is 0 Å². The molecule has 1 heterocycles. The molecule has 1 saturated carbocycles. The van der Waals surface area contributed by atoms with Crippen molar-refractivity contribution in [1.29, 1.82) is 0 Å². The molecule has 0 amide bonds. The highest BCUT2D eigenvalue weighted by Crippen LogP contribution is 2.34. The third kappa shape index (κ3) is 3.17. The van der Waals surface area contributed by atoms with Crippen LogP contribution in [0.1, 0.15) is 48.7 Å². The maximum atomic E-state index is 13.7. The lowest BCUT2D eigenvalue weighted by Crippen LogP contribution is -2.20. The minimum atomic E-state index is -0.263. The van der Waals surface area contributed by atoms with Crippen LogP contribution >= 0.6 is 22.6 Å². The topological polar surface area (TPSA) is 45.8 Å². The minimum Gasteiger partial charge on any atom is -0.309 e. The number of halogens is 2. The summed E-state index contributed by atoms with van der Waals surface area (Å²) in [7, 11) is 0. The van der Waals surface area contributed by atoms with Crippen LogP contribution < -0.4 is 5.56 Å². The van der Waals surface area contributed by atoms with E-state index in [9.17, 15) is 9.18 Å². The molecule has 1 aromatic heterocycles. The molecular weight excluding hydrogens is 382 g/mol. The van der Waals surface area contributed by atoms with Crippen LogP contribution in [0.15, 0.2) is 29.1 Å². The summed E-state index contributed by atoms with van der Waals surface area (Å²) in [4.78, 5) is 19.5. The third-order valence-corrected chi connectivity index (χ3v) is 5.04. The van der Waals surface area contributed by atoms with Crippen molar-refractivity contribution in [2.45, 2.75) is 38.0 Å². The van der Waals surface area contributed by atoms with Gasteiger partial charge in [0.25, 0.3) is 5.56 Å². The lowest BCUT2D eigenvalue weighted by Gasteiger charge is -2.12. The van der Waals surface area contributed by atoms with Gasteiger partial charge in [-0.1, -0.05) is 31.0 Å². The van der Waals surface area contributed by atoms with Crippen molar-refractivity contribution in [1.82, 2.24) is 9.97 Å². The summed E-state index contributed by atoms with van der Waals surface area (Å²) in [5, 5.41) is 0. The van der Waals surface area contributed by atoms with Gasteiger partial charge < -0.3 is 4.98 Å². The fraction of sp³-hybridized carbons (Fsp3) is 0.375. The van der Waals surface area contributed by atoms with E-state index in [-0.39, 0.29) is 11.4 Å². The van der Waals surface area contributed by atoms with Crippen molar-refractivity contribution in [3.8, 4) is 0 Å². The van der Waals surface area contributed by atoms with Gasteiger partial charge in [0, 0.05) is 12.3 Å². The number of nitrogens with one attached hydrogen (secondary N) is 1. The quantitative estimate of drug-likeness (QED) is 0.801. The molecule has 1 aliphatic rings. The normalized spacial score (nSPS) is 15.5. The molecule has 0 bridgehead atoms. The first-order chi connectivity index (χ1) is 10.1. The number of benzene rings is 1. The Bertz CT molecular complexity index is 708. The van der Waals surface area contributed by atoms with E-state index in [1.807, 2.05) is 0 Å². The molecule has 110 valence electrons. The number of hydrogen-bond donors (Lipinski definition) is 1. The Labute approximate surface area is 136 Å². The van der Waals surface area contributed by atoms with Crippen molar-refractivity contribution < 1.29 is 4.39 Å². The summed E-state index contributed by atoms with van der Waals surface area (Å²) >= 11 is 2.07. The minimum absolute atomic E-state index is 0.112. The number of H-pyrrole nitrogens is 1. The van der Waals surface area contributed by atoms with E-state index in [4.69, 9.17) is 0 Å². The molecule has 0 spiro atoms. The highest BCUT2D eigenvalue weighted by molar-refractivity contribution is 14.1. The average Bonchev–Trinajstić information content (AvgIpc) is 2.99. The maximum Gasteiger partial charge on any atom is 0.264 e. The number of rotatable bonds is 3. The van der Waals surface area contributed by atoms with Crippen molar-refractivity contribution in [2.24, 2.45) is 0 Å². The Balaban J connectivity index is 1.96. The van der Waals surface area contributed by atoms with Gasteiger partial charge >= 0.3 is 0 Å². The van der Waals surface area contributed by atoms with Gasteiger partial charge in [-0.15, -0.1) is 0 Å². The van der Waals surface area contributed by atoms with E-state index in [1.165, 1.54) is 18.9 Å². The summed E-state index contributed by atoms with van der Waals surface area (Å²) in [6.45, 7) is 0. The third-order valence-electron chi connectivity index (χ3n) is 4.00. The summed E-state index contributed by atoms with van der Waals surface area (Å²) in [5.41, 5.74) is 1.33. The first-order valence-corrected chi connectivity index (χ1v) is 8.25. The van der Waals surface area contributed by atoms with Gasteiger partial charge in [0.1, 0.15) is 11.6 Å². The lowest BCUT2D eigenvalue weighted by atomic mass is 10.0. The Kier molecular flexibility index (Phi) is 4.37.